The van der Waals surface area contributed by atoms with Gasteiger partial charge in [-0.1, -0.05) is 36.4 Å². The molecule has 0 saturated carbocycles. The topological polar surface area (TPSA) is 29.5 Å². The molecule has 1 aliphatic heterocycles. The van der Waals surface area contributed by atoms with Gasteiger partial charge in [0.25, 0.3) is 0 Å². The molecule has 0 N–H and O–H groups in total. The van der Waals surface area contributed by atoms with E-state index in [1.54, 1.807) is 12.2 Å². The fourth-order valence-corrected chi connectivity index (χ4v) is 2.66. The van der Waals surface area contributed by atoms with Crippen LogP contribution in [0.25, 0.3) is 0 Å². The van der Waals surface area contributed by atoms with Crippen LogP contribution in [-0.4, -0.2) is 31.0 Å². The molecule has 4 heteroatoms. The number of hydrogen-bond donors (Lipinski definition) is 0. The number of fused-ring (bicyclic) bond motifs is 1. The second-order valence-electron chi connectivity index (χ2n) is 5.65. The van der Waals surface area contributed by atoms with E-state index >= 15 is 0 Å². The number of nitrogens with zero attached hydrogens (tertiary/aromatic N) is 1. The van der Waals surface area contributed by atoms with Gasteiger partial charge in [0.1, 0.15) is 5.75 Å². The first-order valence-electron chi connectivity index (χ1n) is 7.71. The largest absolute Gasteiger partial charge is 0.421 e. The maximum atomic E-state index is 12.1. The molecule has 0 radical (unpaired) electrons. The molecule has 3 nitrogen and oxygen atoms in total. The summed E-state index contributed by atoms with van der Waals surface area (Å²) in [7, 11) is 2.11. The molecule has 1 heterocycles. The molecule has 0 saturated heterocycles. The monoisotopic (exact) mass is 331 g/mol. The molecule has 1 aromatic rings. The lowest BCUT2D eigenvalue weighted by Crippen LogP contribution is -2.20. The Morgan fingerprint density at radius 2 is 1.91 bits per heavy atom. The van der Waals surface area contributed by atoms with Crippen LogP contribution in [0.15, 0.2) is 48.6 Å². The SMILES string of the molecule is C=C(/C=C\C=C/C)C(=O)Oc1cc2c(cc1Cl)CCN(C)CC2. The first-order valence-corrected chi connectivity index (χ1v) is 8.09. The smallest absolute Gasteiger partial charge is 0.342 e. The van der Waals surface area contributed by atoms with E-state index in [0.29, 0.717) is 10.8 Å². The zero-order valence-corrected chi connectivity index (χ0v) is 14.4. The number of carbonyl (C=O) groups excluding carboxylic acids is 1. The molecule has 0 fully saturated rings. The Morgan fingerprint density at radius 1 is 1.26 bits per heavy atom. The number of likely N-dealkylation sites (N-methyl/N-ethyl adjacent to an activating group) is 1. The molecule has 0 amide bonds. The van der Waals surface area contributed by atoms with Crippen LogP contribution in [0.5, 0.6) is 5.75 Å². The fourth-order valence-electron chi connectivity index (χ4n) is 2.43. The highest BCUT2D eigenvalue weighted by Crippen LogP contribution is 2.30. The van der Waals surface area contributed by atoms with E-state index in [1.807, 2.05) is 31.2 Å². The summed E-state index contributed by atoms with van der Waals surface area (Å²) in [4.78, 5) is 14.4. The maximum Gasteiger partial charge on any atom is 0.342 e. The van der Waals surface area contributed by atoms with Gasteiger partial charge >= 0.3 is 5.97 Å². The number of allylic oxidation sites excluding steroid dienone is 3. The van der Waals surface area contributed by atoms with Gasteiger partial charge in [-0.15, -0.1) is 0 Å². The van der Waals surface area contributed by atoms with Crippen molar-refractivity contribution < 1.29 is 9.53 Å². The predicted molar refractivity (Wildman–Crippen MR) is 95.1 cm³/mol. The van der Waals surface area contributed by atoms with Crippen molar-refractivity contribution in [1.29, 1.82) is 0 Å². The first-order chi connectivity index (χ1) is 11.0. The minimum absolute atomic E-state index is 0.286. The lowest BCUT2D eigenvalue weighted by atomic mass is 10.0. The van der Waals surface area contributed by atoms with E-state index in [4.69, 9.17) is 16.3 Å². The first kappa shape index (κ1) is 17.5. The maximum absolute atomic E-state index is 12.1. The molecular formula is C19H22ClNO2. The number of benzene rings is 1. The van der Waals surface area contributed by atoms with E-state index in [1.165, 1.54) is 11.1 Å². The Labute approximate surface area is 142 Å². The normalized spacial score (nSPS) is 15.6. The molecule has 0 aromatic heterocycles. The second kappa shape index (κ2) is 8.14. The summed E-state index contributed by atoms with van der Waals surface area (Å²) in [6, 6.07) is 3.80. The highest BCUT2D eigenvalue weighted by Gasteiger charge is 2.17. The van der Waals surface area contributed by atoms with Gasteiger partial charge in [0, 0.05) is 13.1 Å². The van der Waals surface area contributed by atoms with Crippen LogP contribution in [0.1, 0.15) is 18.1 Å². The summed E-state index contributed by atoms with van der Waals surface area (Å²) in [5.41, 5.74) is 2.71. The third-order valence-corrected chi connectivity index (χ3v) is 4.14. The number of halogens is 1. The summed E-state index contributed by atoms with van der Waals surface area (Å²) in [5.74, 6) is -0.0844. The number of carbonyl (C=O) groups is 1. The molecule has 23 heavy (non-hydrogen) atoms. The summed E-state index contributed by atoms with van der Waals surface area (Å²) < 4.78 is 5.41. The minimum atomic E-state index is -0.488. The third kappa shape index (κ3) is 4.81. The number of esters is 1. The van der Waals surface area contributed by atoms with Gasteiger partial charge in [-0.05, 0) is 56.1 Å². The van der Waals surface area contributed by atoms with Crippen molar-refractivity contribution in [2.45, 2.75) is 19.8 Å². The van der Waals surface area contributed by atoms with Gasteiger partial charge in [-0.2, -0.15) is 0 Å². The quantitative estimate of drug-likeness (QED) is 0.362. The molecule has 0 aliphatic carbocycles. The molecule has 0 unspecified atom stereocenters. The van der Waals surface area contributed by atoms with Crippen molar-refractivity contribution in [2.24, 2.45) is 0 Å². The predicted octanol–water partition coefficient (Wildman–Crippen LogP) is 3.96. The summed E-state index contributed by atoms with van der Waals surface area (Å²) in [6.45, 7) is 7.62. The molecule has 0 atom stereocenters. The van der Waals surface area contributed by atoms with Gasteiger partial charge in [0.15, 0.2) is 0 Å². The molecule has 1 aliphatic rings. The van der Waals surface area contributed by atoms with Crippen LogP contribution in [0.3, 0.4) is 0 Å². The van der Waals surface area contributed by atoms with Crippen molar-refractivity contribution in [2.75, 3.05) is 20.1 Å². The van der Waals surface area contributed by atoms with Crippen molar-refractivity contribution >= 4 is 17.6 Å². The Kier molecular flexibility index (Phi) is 6.20. The minimum Gasteiger partial charge on any atom is -0.421 e. The van der Waals surface area contributed by atoms with Gasteiger partial charge in [-0.25, -0.2) is 4.79 Å². The Hall–Kier alpha value is -1.84. The number of ether oxygens (including phenoxy) is 1. The van der Waals surface area contributed by atoms with Crippen molar-refractivity contribution in [3.05, 3.63) is 64.7 Å². The molecule has 122 valence electrons. The zero-order chi connectivity index (χ0) is 16.8. The van der Waals surface area contributed by atoms with Crippen LogP contribution in [-0.2, 0) is 17.6 Å². The Bertz CT molecular complexity index is 662. The lowest BCUT2D eigenvalue weighted by molar-refractivity contribution is -0.129. The van der Waals surface area contributed by atoms with Gasteiger partial charge in [0.2, 0.25) is 0 Å². The summed E-state index contributed by atoms with van der Waals surface area (Å²) >= 11 is 6.28. The van der Waals surface area contributed by atoms with E-state index in [2.05, 4.69) is 18.5 Å². The molecule has 1 aromatic carbocycles. The average molecular weight is 332 g/mol. The molecule has 0 spiro atoms. The van der Waals surface area contributed by atoms with E-state index in [-0.39, 0.29) is 5.57 Å². The van der Waals surface area contributed by atoms with Crippen molar-refractivity contribution in [3.63, 3.8) is 0 Å². The van der Waals surface area contributed by atoms with Crippen LogP contribution >= 0.6 is 11.6 Å². The highest BCUT2D eigenvalue weighted by atomic mass is 35.5. The number of rotatable bonds is 4. The number of hydrogen-bond acceptors (Lipinski definition) is 3. The van der Waals surface area contributed by atoms with Crippen LogP contribution in [0.4, 0.5) is 0 Å². The van der Waals surface area contributed by atoms with Crippen LogP contribution in [0.2, 0.25) is 5.02 Å². The highest BCUT2D eigenvalue weighted by molar-refractivity contribution is 6.32. The van der Waals surface area contributed by atoms with Crippen LogP contribution in [0, 0.1) is 0 Å². The lowest BCUT2D eigenvalue weighted by Gasteiger charge is -2.11. The molecule has 0 bridgehead atoms. The van der Waals surface area contributed by atoms with Crippen molar-refractivity contribution in [3.8, 4) is 5.75 Å². The van der Waals surface area contributed by atoms with E-state index < -0.39 is 5.97 Å². The van der Waals surface area contributed by atoms with E-state index in [9.17, 15) is 4.79 Å². The Balaban J connectivity index is 2.14. The summed E-state index contributed by atoms with van der Waals surface area (Å²) in [6.07, 6.45) is 8.95. The van der Waals surface area contributed by atoms with Crippen molar-refractivity contribution in [1.82, 2.24) is 4.90 Å². The molecule has 2 rings (SSSR count). The summed E-state index contributed by atoms with van der Waals surface area (Å²) in [5, 5.41) is 0.465. The van der Waals surface area contributed by atoms with E-state index in [0.717, 1.165) is 25.9 Å². The standard InChI is InChI=1S/C19H22ClNO2/c1-4-5-6-7-14(2)19(22)23-18-13-16-9-11-21(3)10-8-15(16)12-17(18)20/h4-7,12-13H,2,8-11H2,1,3H3/b5-4-,7-6-. The van der Waals surface area contributed by atoms with Gasteiger partial charge < -0.3 is 9.64 Å². The Morgan fingerprint density at radius 3 is 2.57 bits per heavy atom. The molecular weight excluding hydrogens is 310 g/mol. The third-order valence-electron chi connectivity index (χ3n) is 3.85. The van der Waals surface area contributed by atoms with Gasteiger partial charge in [0.05, 0.1) is 10.6 Å². The van der Waals surface area contributed by atoms with Gasteiger partial charge in [-0.3, -0.25) is 0 Å². The fraction of sp³-hybridized carbons (Fsp3) is 0.316. The van der Waals surface area contributed by atoms with Crippen LogP contribution < -0.4 is 4.74 Å². The average Bonchev–Trinajstić information content (AvgIpc) is 2.70. The second-order valence-corrected chi connectivity index (χ2v) is 6.06. The zero-order valence-electron chi connectivity index (χ0n) is 13.6.